The Morgan fingerprint density at radius 2 is 1.77 bits per heavy atom. The highest BCUT2D eigenvalue weighted by molar-refractivity contribution is 7.09. The van der Waals surface area contributed by atoms with Gasteiger partial charge in [-0.3, -0.25) is 4.90 Å². The first-order valence-corrected chi connectivity index (χ1v) is 4.91. The number of hydrogen-bond acceptors (Lipinski definition) is 3. The van der Waals surface area contributed by atoms with E-state index in [1.165, 1.54) is 0 Å². The average Bonchev–Trinajstić information content (AvgIpc) is 2.02. The zero-order chi connectivity index (χ0) is 10.4. The van der Waals surface area contributed by atoms with E-state index in [0.717, 1.165) is 0 Å². The first-order chi connectivity index (χ1) is 6.04. The van der Waals surface area contributed by atoms with Gasteiger partial charge in [0.05, 0.1) is 22.1 Å². The fourth-order valence-electron chi connectivity index (χ4n) is 1.58. The molecular weight excluding hydrogens is 183 g/mol. The minimum atomic E-state index is -0.183. The van der Waals surface area contributed by atoms with E-state index in [-0.39, 0.29) is 6.04 Å². The second-order valence-corrected chi connectivity index (χ2v) is 3.88. The van der Waals surface area contributed by atoms with Crippen LogP contribution in [0.15, 0.2) is 0 Å². The van der Waals surface area contributed by atoms with Crippen LogP contribution in [0.3, 0.4) is 0 Å². The van der Waals surface area contributed by atoms with Gasteiger partial charge < -0.3 is 4.52 Å². The Morgan fingerprint density at radius 1 is 1.31 bits per heavy atom. The lowest BCUT2D eigenvalue weighted by Crippen LogP contribution is -2.46. The molecule has 0 aliphatic rings. The molecule has 0 aromatic rings. The molecule has 0 rings (SSSR count). The third kappa shape index (κ3) is 4.04. The molecule has 1 unspecified atom stereocenters. The summed E-state index contributed by atoms with van der Waals surface area (Å²) in [6.07, 6.45) is 0. The van der Waals surface area contributed by atoms with Gasteiger partial charge in [0.1, 0.15) is 6.04 Å². The Balaban J connectivity index is 4.42. The molecule has 0 aliphatic heterocycles. The lowest BCUT2D eigenvalue weighted by atomic mass is 10.1. The highest BCUT2D eigenvalue weighted by Gasteiger charge is 2.23. The molecule has 0 N–H and O–H groups in total. The summed E-state index contributed by atoms with van der Waals surface area (Å²) in [5.41, 5.74) is 0. The predicted octanol–water partition coefficient (Wildman–Crippen LogP) is 2.07. The van der Waals surface area contributed by atoms with Gasteiger partial charge in [-0.1, -0.05) is 0 Å². The van der Waals surface area contributed by atoms with Gasteiger partial charge in [-0.05, 0) is 27.7 Å². The molecular formula is C9H18N2OP. The molecule has 1 atom stereocenters. The summed E-state index contributed by atoms with van der Waals surface area (Å²) >= 11 is 0. The molecule has 0 spiro atoms. The molecule has 0 bridgehead atoms. The van der Waals surface area contributed by atoms with Crippen molar-refractivity contribution in [3.63, 3.8) is 0 Å². The van der Waals surface area contributed by atoms with Crippen LogP contribution in [-0.2, 0) is 4.52 Å². The van der Waals surface area contributed by atoms with E-state index in [2.05, 4.69) is 48.1 Å². The van der Waals surface area contributed by atoms with Crippen molar-refractivity contribution in [2.75, 3.05) is 6.61 Å². The summed E-state index contributed by atoms with van der Waals surface area (Å²) in [6, 6.07) is 2.76. The summed E-state index contributed by atoms with van der Waals surface area (Å²) in [5.74, 6) is 0. The molecule has 0 saturated heterocycles. The van der Waals surface area contributed by atoms with E-state index >= 15 is 0 Å². The van der Waals surface area contributed by atoms with Crippen LogP contribution in [0.25, 0.3) is 0 Å². The molecule has 0 aliphatic carbocycles. The molecule has 0 aromatic heterocycles. The maximum absolute atomic E-state index is 8.93. The topological polar surface area (TPSA) is 36.3 Å². The van der Waals surface area contributed by atoms with Crippen molar-refractivity contribution in [1.29, 1.82) is 5.26 Å². The molecule has 4 heteroatoms. The summed E-state index contributed by atoms with van der Waals surface area (Å²) in [5, 5.41) is 8.93. The van der Waals surface area contributed by atoms with Gasteiger partial charge in [0.15, 0.2) is 0 Å². The molecule has 3 nitrogen and oxygen atoms in total. The molecule has 0 heterocycles. The van der Waals surface area contributed by atoms with Crippen LogP contribution in [0, 0.1) is 11.3 Å². The lowest BCUT2D eigenvalue weighted by Gasteiger charge is -2.33. The average molecular weight is 201 g/mol. The summed E-state index contributed by atoms with van der Waals surface area (Å²) in [4.78, 5) is 2.13. The van der Waals surface area contributed by atoms with E-state index in [4.69, 9.17) is 9.79 Å². The second-order valence-electron chi connectivity index (χ2n) is 3.59. The Labute approximate surface area is 83.3 Å². The number of hydrogen-bond donors (Lipinski definition) is 0. The normalized spacial score (nSPS) is 13.8. The molecule has 0 aromatic carbocycles. The van der Waals surface area contributed by atoms with Crippen LogP contribution in [0.1, 0.15) is 27.7 Å². The van der Waals surface area contributed by atoms with Crippen LogP contribution in [0.5, 0.6) is 0 Å². The molecule has 1 radical (unpaired) electrons. The monoisotopic (exact) mass is 201 g/mol. The first kappa shape index (κ1) is 12.8. The molecule has 0 saturated carbocycles. The van der Waals surface area contributed by atoms with E-state index in [9.17, 15) is 0 Å². The van der Waals surface area contributed by atoms with Crippen molar-refractivity contribution in [1.82, 2.24) is 4.90 Å². The first-order valence-electron chi connectivity index (χ1n) is 4.50. The third-order valence-corrected chi connectivity index (χ3v) is 2.11. The van der Waals surface area contributed by atoms with Gasteiger partial charge >= 0.3 is 0 Å². The molecule has 13 heavy (non-hydrogen) atoms. The van der Waals surface area contributed by atoms with Crippen molar-refractivity contribution in [2.45, 2.75) is 45.8 Å². The quantitative estimate of drug-likeness (QED) is 0.639. The minimum Gasteiger partial charge on any atom is -0.353 e. The Hall–Kier alpha value is -0.160. The summed E-state index contributed by atoms with van der Waals surface area (Å²) < 4.78 is 4.82. The number of nitriles is 1. The van der Waals surface area contributed by atoms with Crippen LogP contribution in [-0.4, -0.2) is 29.6 Å². The van der Waals surface area contributed by atoms with Crippen molar-refractivity contribution in [3.8, 4) is 6.07 Å². The maximum Gasteiger partial charge on any atom is 0.122 e. The van der Waals surface area contributed by atoms with E-state index in [1.807, 2.05) is 0 Å². The standard InChI is InChI=1S/C9H18N2OP/c1-7(2)11(8(3)4)9(5-10)6-12-13/h7-9,13H,6H2,1-4H3. The Morgan fingerprint density at radius 3 is 2.00 bits per heavy atom. The van der Waals surface area contributed by atoms with Crippen LogP contribution < -0.4 is 0 Å². The maximum atomic E-state index is 8.93. The zero-order valence-electron chi connectivity index (χ0n) is 8.74. The van der Waals surface area contributed by atoms with Crippen molar-refractivity contribution >= 4 is 9.47 Å². The number of rotatable bonds is 5. The summed E-state index contributed by atoms with van der Waals surface area (Å²) in [7, 11) is 2.93. The SMILES string of the molecule is CC(C)N(C(C)C)C(C#N)CO[PH]. The highest BCUT2D eigenvalue weighted by Crippen LogP contribution is 2.11. The number of nitrogens with zero attached hydrogens (tertiary/aromatic N) is 2. The van der Waals surface area contributed by atoms with E-state index < -0.39 is 0 Å². The zero-order valence-corrected chi connectivity index (χ0v) is 9.74. The highest BCUT2D eigenvalue weighted by atomic mass is 31.0. The molecule has 0 amide bonds. The Kier molecular flexibility index (Phi) is 6.24. The van der Waals surface area contributed by atoms with Crippen LogP contribution >= 0.6 is 9.47 Å². The fourth-order valence-corrected chi connectivity index (χ4v) is 1.74. The molecule has 0 fully saturated rings. The van der Waals surface area contributed by atoms with Gasteiger partial charge in [0.25, 0.3) is 0 Å². The smallest absolute Gasteiger partial charge is 0.122 e. The van der Waals surface area contributed by atoms with Gasteiger partial charge in [-0.25, -0.2) is 0 Å². The molecule has 75 valence electrons. The second kappa shape index (κ2) is 6.32. The van der Waals surface area contributed by atoms with E-state index in [0.29, 0.717) is 18.7 Å². The van der Waals surface area contributed by atoms with Crippen molar-refractivity contribution < 1.29 is 4.52 Å². The minimum absolute atomic E-state index is 0.183. The van der Waals surface area contributed by atoms with Crippen molar-refractivity contribution in [3.05, 3.63) is 0 Å². The fraction of sp³-hybridized carbons (Fsp3) is 0.889. The van der Waals surface area contributed by atoms with Crippen molar-refractivity contribution in [2.24, 2.45) is 0 Å². The lowest BCUT2D eigenvalue weighted by molar-refractivity contribution is 0.111. The largest absolute Gasteiger partial charge is 0.353 e. The van der Waals surface area contributed by atoms with Gasteiger partial charge in [-0.15, -0.1) is 0 Å². The van der Waals surface area contributed by atoms with Gasteiger partial charge in [0.2, 0.25) is 0 Å². The van der Waals surface area contributed by atoms with Crippen LogP contribution in [0.4, 0.5) is 0 Å². The third-order valence-electron chi connectivity index (χ3n) is 1.94. The predicted molar refractivity (Wildman–Crippen MR) is 55.8 cm³/mol. The van der Waals surface area contributed by atoms with Crippen LogP contribution in [0.2, 0.25) is 0 Å². The van der Waals surface area contributed by atoms with Gasteiger partial charge in [-0.2, -0.15) is 5.26 Å². The Bertz CT molecular complexity index is 169. The van der Waals surface area contributed by atoms with Gasteiger partial charge in [0, 0.05) is 12.1 Å². The summed E-state index contributed by atoms with van der Waals surface area (Å²) in [6.45, 7) is 8.72. The van der Waals surface area contributed by atoms with E-state index in [1.54, 1.807) is 0 Å².